The molecule has 0 aliphatic carbocycles. The fourth-order valence-corrected chi connectivity index (χ4v) is 3.44. The van der Waals surface area contributed by atoms with Crippen molar-refractivity contribution >= 4 is 35.2 Å². The highest BCUT2D eigenvalue weighted by atomic mass is 35.5. The van der Waals surface area contributed by atoms with E-state index in [4.69, 9.17) is 22.8 Å². The summed E-state index contributed by atoms with van der Waals surface area (Å²) >= 11 is 6.28. The Bertz CT molecular complexity index is 1060. The van der Waals surface area contributed by atoms with Crippen molar-refractivity contribution in [3.8, 4) is 12.5 Å². The first-order valence-corrected chi connectivity index (χ1v) is 11.2. The summed E-state index contributed by atoms with van der Waals surface area (Å²) in [7, 11) is 0. The lowest BCUT2D eigenvalue weighted by Crippen LogP contribution is -2.44. The molecule has 0 spiro atoms. The van der Waals surface area contributed by atoms with Crippen molar-refractivity contribution in [2.24, 2.45) is 0 Å². The second-order valence-corrected chi connectivity index (χ2v) is 9.07. The third-order valence-corrected chi connectivity index (χ3v) is 5.19. The molecule has 1 unspecified atom stereocenters. The lowest BCUT2D eigenvalue weighted by Gasteiger charge is -2.27. The lowest BCUT2D eigenvalue weighted by atomic mass is 10.0. The van der Waals surface area contributed by atoms with Crippen molar-refractivity contribution in [3.63, 3.8) is 0 Å². The molecule has 0 saturated heterocycles. The number of anilines is 1. The highest BCUT2D eigenvalue weighted by Crippen LogP contribution is 2.29. The van der Waals surface area contributed by atoms with Crippen LogP contribution in [-0.2, 0) is 20.7 Å². The summed E-state index contributed by atoms with van der Waals surface area (Å²) in [6.45, 7) is 8.50. The van der Waals surface area contributed by atoms with Crippen LogP contribution < -0.4 is 10.6 Å². The summed E-state index contributed by atoms with van der Waals surface area (Å²) < 4.78 is 5.16. The van der Waals surface area contributed by atoms with Gasteiger partial charge in [-0.2, -0.15) is 0 Å². The summed E-state index contributed by atoms with van der Waals surface area (Å²) in [6, 6.07) is 13.6. The molecule has 0 saturated carbocycles. The van der Waals surface area contributed by atoms with Gasteiger partial charge in [-0.3, -0.25) is 14.5 Å². The third kappa shape index (κ3) is 7.26. The number of nitrogens with zero attached hydrogens (tertiary/aromatic N) is 1. The van der Waals surface area contributed by atoms with Crippen molar-refractivity contribution in [2.75, 3.05) is 11.9 Å². The molecule has 0 aromatic heterocycles. The van der Waals surface area contributed by atoms with E-state index in [-0.39, 0.29) is 0 Å². The Morgan fingerprint density at radius 1 is 1.15 bits per heavy atom. The zero-order valence-electron chi connectivity index (χ0n) is 20.1. The standard InChI is InChI=1S/C26H30ClN3O4/c1-7-18-12-14-19(15-13-18)23(24(32)29-22-17(3)10-9-11-20(22)27)30(8-2)21(31)16-28-25(33)34-26(4,5)6/h2,9-15,23H,7,16H2,1,3-6H3,(H,28,33)(H,29,32). The van der Waals surface area contributed by atoms with Crippen LogP contribution in [-0.4, -0.2) is 35.0 Å². The molecule has 3 amide bonds. The Hall–Kier alpha value is -3.50. The van der Waals surface area contributed by atoms with Gasteiger partial charge >= 0.3 is 6.09 Å². The Kier molecular flexibility index (Phi) is 9.11. The van der Waals surface area contributed by atoms with Crippen molar-refractivity contribution < 1.29 is 19.1 Å². The van der Waals surface area contributed by atoms with Crippen molar-refractivity contribution in [1.29, 1.82) is 0 Å². The van der Waals surface area contributed by atoms with Crippen LogP contribution in [0, 0.1) is 19.4 Å². The molecule has 2 aromatic carbocycles. The quantitative estimate of drug-likeness (QED) is 0.436. The molecule has 7 nitrogen and oxygen atoms in total. The summed E-state index contributed by atoms with van der Waals surface area (Å²) in [6.07, 6.45) is 5.72. The lowest BCUT2D eigenvalue weighted by molar-refractivity contribution is -0.134. The van der Waals surface area contributed by atoms with E-state index in [9.17, 15) is 14.4 Å². The predicted octanol–water partition coefficient (Wildman–Crippen LogP) is 4.83. The zero-order valence-corrected chi connectivity index (χ0v) is 20.8. The van der Waals surface area contributed by atoms with Crippen LogP contribution in [0.4, 0.5) is 10.5 Å². The number of para-hydroxylation sites is 1. The Balaban J connectivity index is 2.34. The third-order valence-electron chi connectivity index (χ3n) is 4.87. The molecular formula is C26H30ClN3O4. The average Bonchev–Trinajstić information content (AvgIpc) is 2.77. The smallest absolute Gasteiger partial charge is 0.408 e. The van der Waals surface area contributed by atoms with Crippen molar-refractivity contribution in [2.45, 2.75) is 52.7 Å². The number of aryl methyl sites for hydroxylation is 2. The van der Waals surface area contributed by atoms with Gasteiger partial charge in [0, 0.05) is 6.04 Å². The molecule has 34 heavy (non-hydrogen) atoms. The summed E-state index contributed by atoms with van der Waals surface area (Å²) in [5.41, 5.74) is 2.04. The SMILES string of the molecule is C#CN(C(=O)CNC(=O)OC(C)(C)C)C(C(=O)Nc1c(C)cccc1Cl)c1ccc(CC)cc1. The van der Waals surface area contributed by atoms with Crippen LogP contribution in [0.15, 0.2) is 42.5 Å². The molecule has 8 heteroatoms. The van der Waals surface area contributed by atoms with Crippen LogP contribution >= 0.6 is 11.6 Å². The van der Waals surface area contributed by atoms with Crippen LogP contribution in [0.1, 0.15) is 50.4 Å². The highest BCUT2D eigenvalue weighted by Gasteiger charge is 2.32. The largest absolute Gasteiger partial charge is 0.444 e. The molecule has 180 valence electrons. The Labute approximate surface area is 205 Å². The molecule has 1 atom stereocenters. The molecule has 2 N–H and O–H groups in total. The molecule has 0 aliphatic rings. The number of nitrogens with one attached hydrogen (secondary N) is 2. The summed E-state index contributed by atoms with van der Waals surface area (Å²) in [5, 5.41) is 5.54. The monoisotopic (exact) mass is 483 g/mol. The Morgan fingerprint density at radius 2 is 1.79 bits per heavy atom. The molecule has 0 aliphatic heterocycles. The van der Waals surface area contributed by atoms with Crippen LogP contribution in [0.2, 0.25) is 5.02 Å². The van der Waals surface area contributed by atoms with Gasteiger partial charge < -0.3 is 15.4 Å². The van der Waals surface area contributed by atoms with Crippen LogP contribution in [0.3, 0.4) is 0 Å². The maximum Gasteiger partial charge on any atom is 0.408 e. The van der Waals surface area contributed by atoms with E-state index >= 15 is 0 Å². The maximum absolute atomic E-state index is 13.4. The fraction of sp³-hybridized carbons (Fsp3) is 0.346. The number of benzene rings is 2. The minimum Gasteiger partial charge on any atom is -0.444 e. The van der Waals surface area contributed by atoms with E-state index in [1.54, 1.807) is 58.0 Å². The fourth-order valence-electron chi connectivity index (χ4n) is 3.17. The minimum atomic E-state index is -1.15. The van der Waals surface area contributed by atoms with Gasteiger partial charge in [-0.05, 0) is 56.9 Å². The summed E-state index contributed by atoms with van der Waals surface area (Å²) in [5.74, 6) is -1.19. The zero-order chi connectivity index (χ0) is 25.5. The first-order valence-electron chi connectivity index (χ1n) is 10.9. The first-order chi connectivity index (χ1) is 16.0. The number of ether oxygens (including phenoxy) is 1. The highest BCUT2D eigenvalue weighted by molar-refractivity contribution is 6.34. The number of hydrogen-bond donors (Lipinski definition) is 2. The van der Waals surface area contributed by atoms with Gasteiger partial charge in [0.15, 0.2) is 0 Å². The second kappa shape index (κ2) is 11.6. The van der Waals surface area contributed by atoms with Gasteiger partial charge in [0.05, 0.1) is 10.7 Å². The van der Waals surface area contributed by atoms with Crippen molar-refractivity contribution in [3.05, 3.63) is 64.2 Å². The molecule has 0 bridgehead atoms. The van der Waals surface area contributed by atoms with E-state index in [1.165, 1.54) is 0 Å². The van der Waals surface area contributed by atoms with Crippen LogP contribution in [0.25, 0.3) is 0 Å². The first kappa shape index (κ1) is 26.7. The number of halogens is 1. The number of hydrogen-bond acceptors (Lipinski definition) is 4. The molecule has 0 heterocycles. The van der Waals surface area contributed by atoms with Gasteiger partial charge in [-0.1, -0.05) is 61.3 Å². The number of carbonyl (C=O) groups excluding carboxylic acids is 3. The van der Waals surface area contributed by atoms with Gasteiger partial charge in [0.2, 0.25) is 0 Å². The number of alkyl carbamates (subject to hydrolysis) is 1. The average molecular weight is 484 g/mol. The van der Waals surface area contributed by atoms with Gasteiger partial charge in [-0.25, -0.2) is 4.79 Å². The number of rotatable bonds is 7. The molecular weight excluding hydrogens is 454 g/mol. The van der Waals surface area contributed by atoms with Crippen LogP contribution in [0.5, 0.6) is 0 Å². The van der Waals surface area contributed by atoms with Gasteiger partial charge in [0.25, 0.3) is 11.8 Å². The van der Waals surface area contributed by atoms with E-state index in [0.29, 0.717) is 16.3 Å². The molecule has 0 radical (unpaired) electrons. The predicted molar refractivity (Wildman–Crippen MR) is 133 cm³/mol. The van der Waals surface area contributed by atoms with E-state index < -0.39 is 36.1 Å². The minimum absolute atomic E-state index is 0.360. The van der Waals surface area contributed by atoms with E-state index in [0.717, 1.165) is 22.4 Å². The van der Waals surface area contributed by atoms with Gasteiger partial charge in [0.1, 0.15) is 18.2 Å². The van der Waals surface area contributed by atoms with Crippen molar-refractivity contribution in [1.82, 2.24) is 10.2 Å². The molecule has 2 aromatic rings. The second-order valence-electron chi connectivity index (χ2n) is 8.67. The molecule has 0 fully saturated rings. The number of carbonyl (C=O) groups is 3. The number of terminal acetylenes is 1. The summed E-state index contributed by atoms with van der Waals surface area (Å²) in [4.78, 5) is 39.4. The van der Waals surface area contributed by atoms with E-state index in [2.05, 4.69) is 16.7 Å². The Morgan fingerprint density at radius 3 is 2.32 bits per heavy atom. The number of amides is 3. The van der Waals surface area contributed by atoms with Gasteiger partial charge in [-0.15, -0.1) is 0 Å². The normalized spacial score (nSPS) is 11.7. The maximum atomic E-state index is 13.4. The topological polar surface area (TPSA) is 87.7 Å². The molecule has 2 rings (SSSR count). The van der Waals surface area contributed by atoms with E-state index in [1.807, 2.05) is 19.1 Å².